The highest BCUT2D eigenvalue weighted by Gasteiger charge is 2.16. The highest BCUT2D eigenvalue weighted by atomic mass is 15.2. The van der Waals surface area contributed by atoms with Crippen LogP contribution in [-0.2, 0) is 0 Å². The molecular weight excluding hydrogens is 308 g/mol. The van der Waals surface area contributed by atoms with Crippen molar-refractivity contribution in [2.24, 2.45) is 0 Å². The van der Waals surface area contributed by atoms with E-state index in [1.165, 1.54) is 16.5 Å². The number of piperazine rings is 1. The molecule has 4 heteroatoms. The minimum Gasteiger partial charge on any atom is -0.368 e. The average Bonchev–Trinajstić information content (AvgIpc) is 2.68. The molecule has 4 nitrogen and oxygen atoms in total. The number of nitrogens with zero attached hydrogens (tertiary/aromatic N) is 4. The Balaban J connectivity index is 1.79. The van der Waals surface area contributed by atoms with Crippen LogP contribution in [0.5, 0.6) is 0 Å². The largest absolute Gasteiger partial charge is 0.368 e. The number of likely N-dealkylation sites (N-methyl/N-ethyl adjacent to an activating group) is 1. The first-order valence-electron chi connectivity index (χ1n) is 8.56. The van der Waals surface area contributed by atoms with Gasteiger partial charge >= 0.3 is 0 Å². The first kappa shape index (κ1) is 15.6. The summed E-state index contributed by atoms with van der Waals surface area (Å²) in [5, 5.41) is 11.6. The van der Waals surface area contributed by atoms with Crippen molar-refractivity contribution >= 4 is 16.5 Å². The fourth-order valence-electron chi connectivity index (χ4n) is 3.42. The first-order chi connectivity index (χ1) is 12.2. The molecule has 0 spiro atoms. The minimum atomic E-state index is 0.588. The van der Waals surface area contributed by atoms with E-state index in [0.29, 0.717) is 5.56 Å². The zero-order chi connectivity index (χ0) is 17.2. The predicted molar refractivity (Wildman–Crippen MR) is 102 cm³/mol. The van der Waals surface area contributed by atoms with Crippen LogP contribution in [0, 0.1) is 11.3 Å². The van der Waals surface area contributed by atoms with Crippen molar-refractivity contribution < 1.29 is 0 Å². The Morgan fingerprint density at radius 2 is 1.80 bits per heavy atom. The summed E-state index contributed by atoms with van der Waals surface area (Å²) in [4.78, 5) is 9.03. The van der Waals surface area contributed by atoms with E-state index in [2.05, 4.69) is 64.3 Å². The molecule has 2 heterocycles. The van der Waals surface area contributed by atoms with Gasteiger partial charge in [-0.15, -0.1) is 0 Å². The minimum absolute atomic E-state index is 0.588. The smallest absolute Gasteiger partial charge is 0.101 e. The third kappa shape index (κ3) is 3.07. The molecule has 124 valence electrons. The van der Waals surface area contributed by atoms with Crippen LogP contribution in [0.3, 0.4) is 0 Å². The van der Waals surface area contributed by atoms with E-state index in [1.54, 1.807) is 6.20 Å². The summed E-state index contributed by atoms with van der Waals surface area (Å²) in [6.07, 6.45) is 3.42. The van der Waals surface area contributed by atoms with Crippen molar-refractivity contribution in [3.05, 3.63) is 60.4 Å². The van der Waals surface area contributed by atoms with Crippen LogP contribution < -0.4 is 4.90 Å². The molecule has 0 amide bonds. The van der Waals surface area contributed by atoms with Gasteiger partial charge in [0.05, 0.1) is 5.56 Å². The van der Waals surface area contributed by atoms with E-state index in [9.17, 15) is 0 Å². The number of anilines is 1. The number of pyridine rings is 1. The molecular formula is C21H20N4. The summed E-state index contributed by atoms with van der Waals surface area (Å²) in [5.74, 6) is 0. The predicted octanol–water partition coefficient (Wildman–Crippen LogP) is 3.53. The summed E-state index contributed by atoms with van der Waals surface area (Å²) in [7, 11) is 2.17. The number of aromatic nitrogens is 1. The molecule has 0 radical (unpaired) electrons. The number of nitriles is 1. The summed E-state index contributed by atoms with van der Waals surface area (Å²) >= 11 is 0. The van der Waals surface area contributed by atoms with E-state index < -0.39 is 0 Å². The number of benzene rings is 2. The Kier molecular flexibility index (Phi) is 4.09. The third-order valence-electron chi connectivity index (χ3n) is 4.90. The maximum absolute atomic E-state index is 9.12. The maximum Gasteiger partial charge on any atom is 0.101 e. The standard InChI is InChI=1S/C21H20N4/c1-24-7-9-25(10-8-24)21-4-2-3-17-5-6-18(12-20(17)21)19-11-16(13-22)14-23-15-19/h2-6,11-12,14-15H,7-10H2,1H3. The molecule has 1 saturated heterocycles. The van der Waals surface area contributed by atoms with Gasteiger partial charge in [0.25, 0.3) is 0 Å². The first-order valence-corrected chi connectivity index (χ1v) is 8.56. The van der Waals surface area contributed by atoms with Gasteiger partial charge in [0.2, 0.25) is 0 Å². The lowest BCUT2D eigenvalue weighted by Crippen LogP contribution is -2.44. The number of hydrogen-bond acceptors (Lipinski definition) is 4. The Bertz CT molecular complexity index is 950. The molecule has 1 fully saturated rings. The van der Waals surface area contributed by atoms with Crippen LogP contribution in [-0.4, -0.2) is 43.1 Å². The highest BCUT2D eigenvalue weighted by molar-refractivity contribution is 5.97. The molecule has 1 aliphatic rings. The Labute approximate surface area is 147 Å². The van der Waals surface area contributed by atoms with Crippen LogP contribution in [0.1, 0.15) is 5.56 Å². The fraction of sp³-hybridized carbons (Fsp3) is 0.238. The van der Waals surface area contributed by atoms with Gasteiger partial charge in [-0.2, -0.15) is 5.26 Å². The van der Waals surface area contributed by atoms with Gasteiger partial charge in [-0.1, -0.05) is 24.3 Å². The van der Waals surface area contributed by atoms with Crippen molar-refractivity contribution in [2.45, 2.75) is 0 Å². The second-order valence-electron chi connectivity index (χ2n) is 6.58. The molecule has 25 heavy (non-hydrogen) atoms. The van der Waals surface area contributed by atoms with Crippen LogP contribution in [0.15, 0.2) is 54.9 Å². The number of fused-ring (bicyclic) bond motifs is 1. The van der Waals surface area contributed by atoms with Crippen LogP contribution in [0.25, 0.3) is 21.9 Å². The monoisotopic (exact) mass is 328 g/mol. The van der Waals surface area contributed by atoms with E-state index >= 15 is 0 Å². The third-order valence-corrected chi connectivity index (χ3v) is 4.90. The molecule has 0 saturated carbocycles. The molecule has 0 bridgehead atoms. The lowest BCUT2D eigenvalue weighted by atomic mass is 10.00. The van der Waals surface area contributed by atoms with Crippen molar-refractivity contribution in [1.29, 1.82) is 5.26 Å². The fourth-order valence-corrected chi connectivity index (χ4v) is 3.42. The van der Waals surface area contributed by atoms with Crippen LogP contribution in [0.2, 0.25) is 0 Å². The normalized spacial score (nSPS) is 15.3. The van der Waals surface area contributed by atoms with Crippen molar-refractivity contribution in [2.75, 3.05) is 38.1 Å². The molecule has 2 aromatic carbocycles. The zero-order valence-electron chi connectivity index (χ0n) is 14.3. The van der Waals surface area contributed by atoms with Crippen molar-refractivity contribution in [1.82, 2.24) is 9.88 Å². The highest BCUT2D eigenvalue weighted by Crippen LogP contribution is 2.31. The lowest BCUT2D eigenvalue weighted by Gasteiger charge is -2.34. The molecule has 3 aromatic rings. The summed E-state index contributed by atoms with van der Waals surface area (Å²) in [5.41, 5.74) is 3.95. The molecule has 1 aromatic heterocycles. The average molecular weight is 328 g/mol. The Morgan fingerprint density at radius 1 is 0.960 bits per heavy atom. The molecule has 0 N–H and O–H groups in total. The molecule has 0 atom stereocenters. The molecule has 0 aliphatic carbocycles. The van der Waals surface area contributed by atoms with Gasteiger partial charge < -0.3 is 9.80 Å². The van der Waals surface area contributed by atoms with Crippen LogP contribution >= 0.6 is 0 Å². The SMILES string of the molecule is CN1CCN(c2cccc3ccc(-c4cncc(C#N)c4)cc23)CC1. The summed E-state index contributed by atoms with van der Waals surface area (Å²) in [6, 6.07) is 17.0. The van der Waals surface area contributed by atoms with Gasteiger partial charge in [0.15, 0.2) is 0 Å². The van der Waals surface area contributed by atoms with E-state index in [4.69, 9.17) is 5.26 Å². The Hall–Kier alpha value is -2.90. The topological polar surface area (TPSA) is 43.2 Å². The van der Waals surface area contributed by atoms with Gasteiger partial charge in [-0.05, 0) is 36.2 Å². The van der Waals surface area contributed by atoms with Gasteiger partial charge in [0, 0.05) is 55.2 Å². The Morgan fingerprint density at radius 3 is 2.60 bits per heavy atom. The van der Waals surface area contributed by atoms with Crippen molar-refractivity contribution in [3.8, 4) is 17.2 Å². The van der Waals surface area contributed by atoms with E-state index in [1.807, 2.05) is 12.3 Å². The summed E-state index contributed by atoms with van der Waals surface area (Å²) < 4.78 is 0. The second-order valence-corrected chi connectivity index (χ2v) is 6.58. The maximum atomic E-state index is 9.12. The summed E-state index contributed by atoms with van der Waals surface area (Å²) in [6.45, 7) is 4.27. The molecule has 0 unspecified atom stereocenters. The quantitative estimate of drug-likeness (QED) is 0.722. The number of hydrogen-bond donors (Lipinski definition) is 0. The van der Waals surface area contributed by atoms with Gasteiger partial charge in [-0.3, -0.25) is 4.98 Å². The van der Waals surface area contributed by atoms with Gasteiger partial charge in [-0.25, -0.2) is 0 Å². The van der Waals surface area contributed by atoms with Crippen molar-refractivity contribution in [3.63, 3.8) is 0 Å². The number of rotatable bonds is 2. The zero-order valence-corrected chi connectivity index (χ0v) is 14.3. The van der Waals surface area contributed by atoms with Crippen LogP contribution in [0.4, 0.5) is 5.69 Å². The van der Waals surface area contributed by atoms with E-state index in [0.717, 1.165) is 37.3 Å². The molecule has 4 rings (SSSR count). The van der Waals surface area contributed by atoms with Gasteiger partial charge in [0.1, 0.15) is 6.07 Å². The lowest BCUT2D eigenvalue weighted by molar-refractivity contribution is 0.313. The molecule has 1 aliphatic heterocycles. The second kappa shape index (κ2) is 6.54. The van der Waals surface area contributed by atoms with E-state index in [-0.39, 0.29) is 0 Å².